The summed E-state index contributed by atoms with van der Waals surface area (Å²) in [6.07, 6.45) is 5.21. The van der Waals surface area contributed by atoms with Crippen molar-refractivity contribution in [2.75, 3.05) is 19.7 Å². The van der Waals surface area contributed by atoms with Gasteiger partial charge in [-0.1, -0.05) is 5.16 Å². The predicted molar refractivity (Wildman–Crippen MR) is 82.9 cm³/mol. The van der Waals surface area contributed by atoms with Crippen molar-refractivity contribution < 1.29 is 9.26 Å². The van der Waals surface area contributed by atoms with E-state index in [-0.39, 0.29) is 12.1 Å². The Bertz CT molecular complexity index is 663. The van der Waals surface area contributed by atoms with Crippen LogP contribution in [0.15, 0.2) is 16.8 Å². The summed E-state index contributed by atoms with van der Waals surface area (Å²) in [5, 5.41) is 8.40. The van der Waals surface area contributed by atoms with Crippen molar-refractivity contribution in [3.05, 3.63) is 29.7 Å². The summed E-state index contributed by atoms with van der Waals surface area (Å²) >= 11 is 0. The molecule has 1 aliphatic heterocycles. The lowest BCUT2D eigenvalue weighted by atomic mass is 10.1. The summed E-state index contributed by atoms with van der Waals surface area (Å²) in [5.41, 5.74) is 1.23. The molecule has 2 aromatic heterocycles. The average molecular weight is 317 g/mol. The zero-order valence-electron chi connectivity index (χ0n) is 13.7. The molecule has 2 fully saturated rings. The Labute approximate surface area is 135 Å². The van der Waals surface area contributed by atoms with Crippen LogP contribution in [0.4, 0.5) is 0 Å². The van der Waals surface area contributed by atoms with Gasteiger partial charge in [0.05, 0.1) is 12.7 Å². The Morgan fingerprint density at radius 3 is 2.96 bits per heavy atom. The van der Waals surface area contributed by atoms with Gasteiger partial charge in [0.25, 0.3) is 0 Å². The van der Waals surface area contributed by atoms with Crippen LogP contribution in [0.2, 0.25) is 0 Å². The van der Waals surface area contributed by atoms with Crippen LogP contribution in [0.1, 0.15) is 49.1 Å². The Kier molecular flexibility index (Phi) is 3.90. The minimum atomic E-state index is 0.0389. The molecule has 0 spiro atoms. The Hall–Kier alpha value is -1.73. The van der Waals surface area contributed by atoms with Gasteiger partial charge in [-0.05, 0) is 25.8 Å². The van der Waals surface area contributed by atoms with Crippen molar-refractivity contribution in [1.29, 1.82) is 0 Å². The molecule has 2 atom stereocenters. The maximum Gasteiger partial charge on any atom is 0.246 e. The third kappa shape index (κ3) is 3.03. The van der Waals surface area contributed by atoms with E-state index in [0.717, 1.165) is 31.9 Å². The summed E-state index contributed by atoms with van der Waals surface area (Å²) in [4.78, 5) is 7.04. The first-order chi connectivity index (χ1) is 11.2. The van der Waals surface area contributed by atoms with E-state index >= 15 is 0 Å². The monoisotopic (exact) mass is 317 g/mol. The molecule has 1 aliphatic carbocycles. The number of nitrogens with zero attached hydrogens (tertiary/aromatic N) is 5. The van der Waals surface area contributed by atoms with Crippen LogP contribution in [-0.4, -0.2) is 50.6 Å². The smallest absolute Gasteiger partial charge is 0.246 e. The SMILES string of the molecule is C[C@H]1OCCN(CCc2ccnn2C)[C@@H]1c1nc(C2CC2)no1. The number of morpholine rings is 1. The van der Waals surface area contributed by atoms with E-state index in [2.05, 4.69) is 33.1 Å². The molecule has 0 bridgehead atoms. The Morgan fingerprint density at radius 2 is 2.22 bits per heavy atom. The molecule has 3 heterocycles. The second-order valence-corrected chi connectivity index (χ2v) is 6.52. The number of ether oxygens (including phenoxy) is 1. The molecule has 23 heavy (non-hydrogen) atoms. The zero-order valence-corrected chi connectivity index (χ0v) is 13.7. The van der Waals surface area contributed by atoms with Gasteiger partial charge in [0.1, 0.15) is 6.04 Å². The van der Waals surface area contributed by atoms with Crippen LogP contribution in [0.25, 0.3) is 0 Å². The van der Waals surface area contributed by atoms with Gasteiger partial charge in [0, 0.05) is 44.4 Å². The highest BCUT2D eigenvalue weighted by Crippen LogP contribution is 2.39. The van der Waals surface area contributed by atoms with E-state index in [0.29, 0.717) is 11.8 Å². The van der Waals surface area contributed by atoms with E-state index in [1.54, 1.807) is 0 Å². The summed E-state index contributed by atoms with van der Waals surface area (Å²) in [5.74, 6) is 2.07. The molecule has 1 saturated heterocycles. The molecule has 0 aromatic carbocycles. The first kappa shape index (κ1) is 14.8. The van der Waals surface area contributed by atoms with Crippen molar-refractivity contribution >= 4 is 0 Å². The second kappa shape index (κ2) is 6.05. The molecule has 0 amide bonds. The van der Waals surface area contributed by atoms with Gasteiger partial charge in [-0.2, -0.15) is 10.1 Å². The number of hydrogen-bond donors (Lipinski definition) is 0. The third-order valence-corrected chi connectivity index (χ3v) is 4.83. The molecule has 4 rings (SSSR count). The fraction of sp³-hybridized carbons (Fsp3) is 0.688. The van der Waals surface area contributed by atoms with Gasteiger partial charge in [-0.3, -0.25) is 9.58 Å². The summed E-state index contributed by atoms with van der Waals surface area (Å²) in [6, 6.07) is 2.11. The lowest BCUT2D eigenvalue weighted by Crippen LogP contribution is -2.45. The molecule has 0 unspecified atom stereocenters. The van der Waals surface area contributed by atoms with Crippen LogP contribution < -0.4 is 0 Å². The fourth-order valence-corrected chi connectivity index (χ4v) is 3.27. The van der Waals surface area contributed by atoms with Crippen molar-refractivity contribution in [2.24, 2.45) is 7.05 Å². The molecule has 2 aromatic rings. The molecule has 2 aliphatic rings. The molecule has 7 heteroatoms. The minimum Gasteiger partial charge on any atom is -0.375 e. The van der Waals surface area contributed by atoms with Crippen LogP contribution in [0, 0.1) is 0 Å². The van der Waals surface area contributed by atoms with Crippen molar-refractivity contribution in [2.45, 2.75) is 44.2 Å². The van der Waals surface area contributed by atoms with E-state index in [9.17, 15) is 0 Å². The van der Waals surface area contributed by atoms with Gasteiger partial charge in [-0.15, -0.1) is 0 Å². The number of hydrogen-bond acceptors (Lipinski definition) is 6. The summed E-state index contributed by atoms with van der Waals surface area (Å²) < 4.78 is 13.3. The van der Waals surface area contributed by atoms with Crippen LogP contribution in [0.5, 0.6) is 0 Å². The normalized spacial score (nSPS) is 25.8. The quantitative estimate of drug-likeness (QED) is 0.836. The Morgan fingerprint density at radius 1 is 1.35 bits per heavy atom. The van der Waals surface area contributed by atoms with Crippen LogP contribution >= 0.6 is 0 Å². The van der Waals surface area contributed by atoms with Gasteiger partial charge in [-0.25, -0.2) is 0 Å². The van der Waals surface area contributed by atoms with E-state index in [1.807, 2.05) is 17.9 Å². The van der Waals surface area contributed by atoms with Crippen LogP contribution in [0.3, 0.4) is 0 Å². The third-order valence-electron chi connectivity index (χ3n) is 4.83. The molecule has 124 valence electrons. The predicted octanol–water partition coefficient (Wildman–Crippen LogP) is 1.68. The minimum absolute atomic E-state index is 0.0389. The molecular weight excluding hydrogens is 294 g/mol. The van der Waals surface area contributed by atoms with Gasteiger partial charge < -0.3 is 9.26 Å². The maximum atomic E-state index is 5.83. The molecule has 1 saturated carbocycles. The Balaban J connectivity index is 1.49. The highest BCUT2D eigenvalue weighted by molar-refractivity contribution is 5.07. The van der Waals surface area contributed by atoms with E-state index in [1.165, 1.54) is 18.5 Å². The van der Waals surface area contributed by atoms with Gasteiger partial charge >= 0.3 is 0 Å². The van der Waals surface area contributed by atoms with Gasteiger partial charge in [0.2, 0.25) is 5.89 Å². The largest absolute Gasteiger partial charge is 0.375 e. The number of aryl methyl sites for hydroxylation is 1. The second-order valence-electron chi connectivity index (χ2n) is 6.52. The van der Waals surface area contributed by atoms with Crippen molar-refractivity contribution in [3.63, 3.8) is 0 Å². The van der Waals surface area contributed by atoms with E-state index < -0.39 is 0 Å². The number of rotatable bonds is 5. The van der Waals surface area contributed by atoms with Crippen LogP contribution in [-0.2, 0) is 18.2 Å². The molecule has 7 nitrogen and oxygen atoms in total. The fourth-order valence-electron chi connectivity index (χ4n) is 3.27. The molecular formula is C16H23N5O2. The van der Waals surface area contributed by atoms with Gasteiger partial charge in [0.15, 0.2) is 5.82 Å². The molecule has 0 N–H and O–H groups in total. The summed E-state index contributed by atoms with van der Waals surface area (Å²) in [6.45, 7) is 4.64. The molecule has 0 radical (unpaired) electrons. The first-order valence-corrected chi connectivity index (χ1v) is 8.38. The zero-order chi connectivity index (χ0) is 15.8. The topological polar surface area (TPSA) is 69.2 Å². The average Bonchev–Trinajstić information content (AvgIpc) is 3.14. The first-order valence-electron chi connectivity index (χ1n) is 8.38. The highest BCUT2D eigenvalue weighted by Gasteiger charge is 2.37. The van der Waals surface area contributed by atoms with E-state index in [4.69, 9.17) is 9.26 Å². The van der Waals surface area contributed by atoms with Crippen molar-refractivity contribution in [1.82, 2.24) is 24.8 Å². The number of aromatic nitrogens is 4. The highest BCUT2D eigenvalue weighted by atomic mass is 16.5. The standard InChI is InChI=1S/C16H23N5O2/c1-11-14(16-18-15(19-23-16)12-3-4-12)21(9-10-22-11)8-6-13-5-7-17-20(13)2/h5,7,11-12,14H,3-4,6,8-10H2,1-2H3/t11-,14+/m1/s1. The lowest BCUT2D eigenvalue weighted by molar-refractivity contribution is -0.0724. The van der Waals surface area contributed by atoms with Crippen molar-refractivity contribution in [3.8, 4) is 0 Å². The summed E-state index contributed by atoms with van der Waals surface area (Å²) in [7, 11) is 1.98. The lowest BCUT2D eigenvalue weighted by Gasteiger charge is -2.37. The maximum absolute atomic E-state index is 5.83.